The maximum atomic E-state index is 12.9. The Morgan fingerprint density at radius 2 is 1.41 bits per heavy atom. The van der Waals surface area contributed by atoms with Crippen LogP contribution < -0.4 is 10.7 Å². The molecular formula is C22H37N3O2. The summed E-state index contributed by atoms with van der Waals surface area (Å²) < 4.78 is 0. The third kappa shape index (κ3) is 4.67. The van der Waals surface area contributed by atoms with E-state index in [1.807, 2.05) is 18.9 Å². The Kier molecular flexibility index (Phi) is 5.26. The fourth-order valence-electron chi connectivity index (χ4n) is 6.76. The van der Waals surface area contributed by atoms with Gasteiger partial charge in [-0.3, -0.25) is 15.0 Å². The van der Waals surface area contributed by atoms with Gasteiger partial charge in [-0.2, -0.15) is 0 Å². The summed E-state index contributed by atoms with van der Waals surface area (Å²) in [5, 5.41) is 5.49. The summed E-state index contributed by atoms with van der Waals surface area (Å²) in [6.45, 7) is 5.97. The molecule has 5 aliphatic rings. The summed E-state index contributed by atoms with van der Waals surface area (Å²) in [6, 6.07) is 0. The number of amides is 2. The van der Waals surface area contributed by atoms with Crippen LogP contribution in [0, 0.1) is 23.2 Å². The molecule has 27 heavy (non-hydrogen) atoms. The summed E-state index contributed by atoms with van der Waals surface area (Å²) >= 11 is 0. The largest absolute Gasteiger partial charge is 0.351 e. The molecule has 0 spiro atoms. The van der Waals surface area contributed by atoms with E-state index in [4.69, 9.17) is 0 Å². The van der Waals surface area contributed by atoms with Crippen molar-refractivity contribution >= 4 is 11.8 Å². The molecule has 1 saturated heterocycles. The molecule has 5 fully saturated rings. The van der Waals surface area contributed by atoms with Gasteiger partial charge in [0.2, 0.25) is 11.8 Å². The van der Waals surface area contributed by atoms with Crippen LogP contribution in [0.25, 0.3) is 0 Å². The van der Waals surface area contributed by atoms with E-state index in [-0.39, 0.29) is 22.8 Å². The number of hydrogen-bond donors (Lipinski definition) is 2. The van der Waals surface area contributed by atoms with Gasteiger partial charge in [-0.15, -0.1) is 0 Å². The highest BCUT2D eigenvalue weighted by atomic mass is 16.2. The molecule has 5 rings (SSSR count). The molecule has 4 aliphatic carbocycles. The third-order valence-electron chi connectivity index (χ3n) is 7.36. The fourth-order valence-corrected chi connectivity index (χ4v) is 6.76. The Morgan fingerprint density at radius 1 is 0.889 bits per heavy atom. The minimum atomic E-state index is -0.313. The second kappa shape index (κ2) is 7.38. The van der Waals surface area contributed by atoms with Crippen molar-refractivity contribution in [3.8, 4) is 0 Å². The quantitative estimate of drug-likeness (QED) is 0.748. The van der Waals surface area contributed by atoms with E-state index < -0.39 is 0 Å². The third-order valence-corrected chi connectivity index (χ3v) is 7.36. The van der Waals surface area contributed by atoms with E-state index in [2.05, 4.69) is 10.7 Å². The van der Waals surface area contributed by atoms with Crippen molar-refractivity contribution in [1.82, 2.24) is 15.8 Å². The highest BCUT2D eigenvalue weighted by molar-refractivity contribution is 5.80. The number of rotatable bonds is 6. The molecule has 4 saturated carbocycles. The maximum absolute atomic E-state index is 12.9. The molecule has 0 atom stereocenters. The highest BCUT2D eigenvalue weighted by Crippen LogP contribution is 2.55. The summed E-state index contributed by atoms with van der Waals surface area (Å²) in [6.07, 6.45) is 12.1. The van der Waals surface area contributed by atoms with Crippen molar-refractivity contribution < 1.29 is 9.59 Å². The van der Waals surface area contributed by atoms with Crippen LogP contribution in [0.1, 0.15) is 84.5 Å². The van der Waals surface area contributed by atoms with Gasteiger partial charge < -0.3 is 5.32 Å². The van der Waals surface area contributed by atoms with Crippen LogP contribution in [0.2, 0.25) is 0 Å². The van der Waals surface area contributed by atoms with Crippen LogP contribution in [-0.4, -0.2) is 35.5 Å². The first kappa shape index (κ1) is 19.2. The average molecular weight is 376 g/mol. The number of hydrogen-bond acceptors (Lipinski definition) is 3. The summed E-state index contributed by atoms with van der Waals surface area (Å²) in [5.41, 5.74) is 2.79. The van der Waals surface area contributed by atoms with Crippen LogP contribution >= 0.6 is 0 Å². The Bertz CT molecular complexity index is 545. The van der Waals surface area contributed by atoms with Gasteiger partial charge in [0.15, 0.2) is 0 Å². The molecule has 2 amide bonds. The topological polar surface area (TPSA) is 61.4 Å². The number of carbonyl (C=O) groups excluding carboxylic acids is 2. The van der Waals surface area contributed by atoms with Crippen molar-refractivity contribution in [3.05, 3.63) is 0 Å². The maximum Gasteiger partial charge on any atom is 0.234 e. The standard InChI is InChI=1S/C22H37N3O2/c1-21(2,15-20(27)24-25-6-4-3-5-7-25)14-19(26)23-22-11-16-8-17(12-22)10-18(9-16)13-22/h16-18H,3-15H2,1-2H3,(H,23,26)(H,24,27). The van der Waals surface area contributed by atoms with E-state index in [1.54, 1.807) is 0 Å². The molecule has 0 aromatic rings. The summed E-state index contributed by atoms with van der Waals surface area (Å²) in [7, 11) is 0. The minimum absolute atomic E-state index is 0.0458. The van der Waals surface area contributed by atoms with E-state index in [9.17, 15) is 9.59 Å². The SMILES string of the molecule is CC(C)(CC(=O)NN1CCCCC1)CC(=O)NC12CC3CC(CC(C3)C1)C2. The fraction of sp³-hybridized carbons (Fsp3) is 0.909. The second-order valence-corrected chi connectivity index (χ2v) is 10.8. The molecule has 5 nitrogen and oxygen atoms in total. The first-order chi connectivity index (χ1) is 12.8. The van der Waals surface area contributed by atoms with E-state index >= 15 is 0 Å². The van der Waals surface area contributed by atoms with Gasteiger partial charge in [0.1, 0.15) is 0 Å². The number of nitrogens with zero attached hydrogens (tertiary/aromatic N) is 1. The van der Waals surface area contributed by atoms with Gasteiger partial charge in [0, 0.05) is 31.5 Å². The van der Waals surface area contributed by atoms with Gasteiger partial charge in [0.05, 0.1) is 0 Å². The number of hydrazine groups is 1. The monoisotopic (exact) mass is 375 g/mol. The van der Waals surface area contributed by atoms with Crippen molar-refractivity contribution in [1.29, 1.82) is 0 Å². The Morgan fingerprint density at radius 3 is 1.96 bits per heavy atom. The van der Waals surface area contributed by atoms with Crippen LogP contribution in [0.5, 0.6) is 0 Å². The van der Waals surface area contributed by atoms with Gasteiger partial charge in [-0.05, 0) is 74.5 Å². The normalized spacial score (nSPS) is 35.9. The Labute approximate surface area is 164 Å². The molecule has 5 heteroatoms. The van der Waals surface area contributed by atoms with Crippen LogP contribution in [0.3, 0.4) is 0 Å². The lowest BCUT2D eigenvalue weighted by molar-refractivity contribution is -0.131. The predicted molar refractivity (Wildman–Crippen MR) is 106 cm³/mol. The van der Waals surface area contributed by atoms with E-state index in [1.165, 1.54) is 44.9 Å². The zero-order chi connectivity index (χ0) is 19.1. The van der Waals surface area contributed by atoms with E-state index in [0.29, 0.717) is 12.8 Å². The predicted octanol–water partition coefficient (Wildman–Crippen LogP) is 3.39. The van der Waals surface area contributed by atoms with Gasteiger partial charge in [-0.25, -0.2) is 5.01 Å². The molecule has 1 heterocycles. The van der Waals surface area contributed by atoms with Crippen molar-refractivity contribution in [2.75, 3.05) is 13.1 Å². The van der Waals surface area contributed by atoms with E-state index in [0.717, 1.165) is 43.7 Å². The minimum Gasteiger partial charge on any atom is -0.351 e. The highest BCUT2D eigenvalue weighted by Gasteiger charge is 2.51. The van der Waals surface area contributed by atoms with Gasteiger partial charge >= 0.3 is 0 Å². The molecule has 0 radical (unpaired) electrons. The molecule has 152 valence electrons. The molecular weight excluding hydrogens is 338 g/mol. The van der Waals surface area contributed by atoms with Crippen molar-refractivity contribution in [3.63, 3.8) is 0 Å². The van der Waals surface area contributed by atoms with Gasteiger partial charge in [0.25, 0.3) is 0 Å². The van der Waals surface area contributed by atoms with Crippen LogP contribution in [0.15, 0.2) is 0 Å². The van der Waals surface area contributed by atoms with Crippen LogP contribution in [-0.2, 0) is 9.59 Å². The smallest absolute Gasteiger partial charge is 0.234 e. The lowest BCUT2D eigenvalue weighted by Gasteiger charge is -2.57. The number of nitrogens with one attached hydrogen (secondary N) is 2. The molecule has 2 N–H and O–H groups in total. The first-order valence-corrected chi connectivity index (χ1v) is 11.2. The van der Waals surface area contributed by atoms with Gasteiger partial charge in [-0.1, -0.05) is 20.3 Å². The Hall–Kier alpha value is -1.10. The molecule has 0 unspecified atom stereocenters. The summed E-state index contributed by atoms with van der Waals surface area (Å²) in [5.74, 6) is 2.69. The van der Waals surface area contributed by atoms with Crippen molar-refractivity contribution in [2.45, 2.75) is 90.0 Å². The lowest BCUT2D eigenvalue weighted by Crippen LogP contribution is -2.60. The lowest BCUT2D eigenvalue weighted by atomic mass is 9.53. The summed E-state index contributed by atoms with van der Waals surface area (Å²) in [4.78, 5) is 25.3. The molecule has 1 aliphatic heterocycles. The molecule has 0 aromatic heterocycles. The average Bonchev–Trinajstić information content (AvgIpc) is 2.52. The van der Waals surface area contributed by atoms with Crippen molar-refractivity contribution in [2.24, 2.45) is 23.2 Å². The molecule has 0 aromatic carbocycles. The zero-order valence-electron chi connectivity index (χ0n) is 17.2. The number of piperidine rings is 1. The number of carbonyl (C=O) groups is 2. The zero-order valence-corrected chi connectivity index (χ0v) is 17.2. The Balaban J connectivity index is 1.27. The second-order valence-electron chi connectivity index (χ2n) is 10.8. The molecule has 4 bridgehead atoms. The van der Waals surface area contributed by atoms with Crippen LogP contribution in [0.4, 0.5) is 0 Å². The first-order valence-electron chi connectivity index (χ1n) is 11.2.